The zero-order valence-corrected chi connectivity index (χ0v) is 12.5. The van der Waals surface area contributed by atoms with Gasteiger partial charge in [-0.3, -0.25) is 4.90 Å². The standard InChI is InChI=1S/C16H27N3/c1-14-4-6-15(7-5-14)16(2,3)12-18-13-19-10-8-17-9-11-19/h4-7,17-18H,8-13H2,1-3H3. The van der Waals surface area contributed by atoms with E-state index in [0.717, 1.165) is 39.4 Å². The summed E-state index contributed by atoms with van der Waals surface area (Å²) in [6.45, 7) is 13.3. The van der Waals surface area contributed by atoms with Crippen LogP contribution in [0.1, 0.15) is 25.0 Å². The van der Waals surface area contributed by atoms with Gasteiger partial charge in [0.15, 0.2) is 0 Å². The van der Waals surface area contributed by atoms with Gasteiger partial charge in [0.25, 0.3) is 0 Å². The van der Waals surface area contributed by atoms with Crippen molar-refractivity contribution in [3.63, 3.8) is 0 Å². The third-order valence-electron chi connectivity index (χ3n) is 3.95. The van der Waals surface area contributed by atoms with Gasteiger partial charge in [0.2, 0.25) is 0 Å². The largest absolute Gasteiger partial charge is 0.314 e. The van der Waals surface area contributed by atoms with Crippen molar-refractivity contribution in [1.82, 2.24) is 15.5 Å². The van der Waals surface area contributed by atoms with Gasteiger partial charge in [-0.05, 0) is 12.5 Å². The Balaban J connectivity index is 1.81. The first kappa shape index (κ1) is 14.5. The van der Waals surface area contributed by atoms with E-state index in [1.165, 1.54) is 11.1 Å². The monoisotopic (exact) mass is 261 g/mol. The number of benzene rings is 1. The van der Waals surface area contributed by atoms with Gasteiger partial charge in [-0.1, -0.05) is 43.7 Å². The van der Waals surface area contributed by atoms with Crippen LogP contribution in [0.5, 0.6) is 0 Å². The Morgan fingerprint density at radius 2 is 1.79 bits per heavy atom. The van der Waals surface area contributed by atoms with E-state index in [4.69, 9.17) is 0 Å². The van der Waals surface area contributed by atoms with Crippen molar-refractivity contribution in [2.24, 2.45) is 0 Å². The molecule has 0 amide bonds. The molecule has 3 nitrogen and oxygen atoms in total. The molecule has 1 aromatic carbocycles. The maximum absolute atomic E-state index is 3.61. The molecule has 1 aliphatic rings. The van der Waals surface area contributed by atoms with Crippen LogP contribution in [0.2, 0.25) is 0 Å². The Morgan fingerprint density at radius 1 is 1.16 bits per heavy atom. The van der Waals surface area contributed by atoms with E-state index in [2.05, 4.69) is 60.6 Å². The Bertz CT molecular complexity index is 377. The summed E-state index contributed by atoms with van der Waals surface area (Å²) in [6, 6.07) is 8.91. The summed E-state index contributed by atoms with van der Waals surface area (Å²) in [5.74, 6) is 0. The van der Waals surface area contributed by atoms with Gasteiger partial charge in [0, 0.05) is 44.8 Å². The minimum absolute atomic E-state index is 0.182. The van der Waals surface area contributed by atoms with E-state index in [-0.39, 0.29) is 5.41 Å². The molecule has 1 aliphatic heterocycles. The molecule has 2 rings (SSSR count). The van der Waals surface area contributed by atoms with E-state index in [0.29, 0.717) is 0 Å². The van der Waals surface area contributed by atoms with Crippen molar-refractivity contribution < 1.29 is 0 Å². The van der Waals surface area contributed by atoms with Gasteiger partial charge < -0.3 is 10.6 Å². The first-order chi connectivity index (χ1) is 9.08. The molecule has 1 saturated heterocycles. The van der Waals surface area contributed by atoms with Gasteiger partial charge in [0.1, 0.15) is 0 Å². The molecule has 1 fully saturated rings. The molecule has 19 heavy (non-hydrogen) atoms. The first-order valence-corrected chi connectivity index (χ1v) is 7.29. The van der Waals surface area contributed by atoms with E-state index >= 15 is 0 Å². The van der Waals surface area contributed by atoms with Crippen LogP contribution in [-0.4, -0.2) is 44.3 Å². The van der Waals surface area contributed by atoms with Gasteiger partial charge in [-0.2, -0.15) is 0 Å². The molecule has 1 aromatic rings. The first-order valence-electron chi connectivity index (χ1n) is 7.29. The lowest BCUT2D eigenvalue weighted by Gasteiger charge is -2.31. The van der Waals surface area contributed by atoms with Crippen molar-refractivity contribution in [2.45, 2.75) is 26.2 Å². The Kier molecular flexibility index (Phi) is 4.97. The van der Waals surface area contributed by atoms with E-state index in [1.807, 2.05) is 0 Å². The zero-order chi connectivity index (χ0) is 13.7. The molecule has 0 unspecified atom stereocenters. The highest BCUT2D eigenvalue weighted by atomic mass is 15.3. The fourth-order valence-corrected chi connectivity index (χ4v) is 2.50. The number of rotatable bonds is 5. The molecule has 0 spiro atoms. The van der Waals surface area contributed by atoms with Crippen LogP contribution in [-0.2, 0) is 5.41 Å². The van der Waals surface area contributed by atoms with Crippen LogP contribution >= 0.6 is 0 Å². The average Bonchev–Trinajstić information content (AvgIpc) is 2.40. The zero-order valence-electron chi connectivity index (χ0n) is 12.5. The molecular weight excluding hydrogens is 234 g/mol. The molecule has 1 heterocycles. The van der Waals surface area contributed by atoms with Crippen molar-refractivity contribution in [3.05, 3.63) is 35.4 Å². The summed E-state index contributed by atoms with van der Waals surface area (Å²) in [4.78, 5) is 2.47. The van der Waals surface area contributed by atoms with Crippen LogP contribution in [0.15, 0.2) is 24.3 Å². The Morgan fingerprint density at radius 3 is 2.42 bits per heavy atom. The molecule has 0 atom stereocenters. The summed E-state index contributed by atoms with van der Waals surface area (Å²) in [5, 5.41) is 6.99. The lowest BCUT2D eigenvalue weighted by atomic mass is 9.84. The summed E-state index contributed by atoms with van der Waals surface area (Å²) < 4.78 is 0. The number of hydrogen-bond acceptors (Lipinski definition) is 3. The third kappa shape index (κ3) is 4.30. The van der Waals surface area contributed by atoms with E-state index in [9.17, 15) is 0 Å². The van der Waals surface area contributed by atoms with Crippen LogP contribution < -0.4 is 10.6 Å². The molecular formula is C16H27N3. The number of nitrogens with zero attached hydrogens (tertiary/aromatic N) is 1. The highest BCUT2D eigenvalue weighted by Crippen LogP contribution is 2.22. The van der Waals surface area contributed by atoms with Crippen LogP contribution in [0, 0.1) is 6.92 Å². The molecule has 0 bridgehead atoms. The van der Waals surface area contributed by atoms with Crippen LogP contribution in [0.25, 0.3) is 0 Å². The average molecular weight is 261 g/mol. The predicted octanol–water partition coefficient (Wildman–Crippen LogP) is 1.72. The second-order valence-electron chi connectivity index (χ2n) is 6.20. The number of aryl methyl sites for hydroxylation is 1. The summed E-state index contributed by atoms with van der Waals surface area (Å²) in [7, 11) is 0. The number of nitrogens with one attached hydrogen (secondary N) is 2. The lowest BCUT2D eigenvalue weighted by Crippen LogP contribution is -2.48. The van der Waals surface area contributed by atoms with Gasteiger partial charge >= 0.3 is 0 Å². The predicted molar refractivity (Wildman–Crippen MR) is 81.5 cm³/mol. The molecule has 0 aliphatic carbocycles. The summed E-state index contributed by atoms with van der Waals surface area (Å²) in [5.41, 5.74) is 2.92. The van der Waals surface area contributed by atoms with Crippen molar-refractivity contribution >= 4 is 0 Å². The lowest BCUT2D eigenvalue weighted by molar-refractivity contribution is 0.218. The minimum atomic E-state index is 0.182. The molecule has 0 saturated carbocycles. The van der Waals surface area contributed by atoms with Crippen LogP contribution in [0.3, 0.4) is 0 Å². The smallest absolute Gasteiger partial charge is 0.0481 e. The fourth-order valence-electron chi connectivity index (χ4n) is 2.50. The molecule has 106 valence electrons. The van der Waals surface area contributed by atoms with Gasteiger partial charge in [-0.25, -0.2) is 0 Å². The summed E-state index contributed by atoms with van der Waals surface area (Å²) in [6.07, 6.45) is 0. The van der Waals surface area contributed by atoms with Gasteiger partial charge in [0.05, 0.1) is 0 Å². The number of hydrogen-bond donors (Lipinski definition) is 2. The SMILES string of the molecule is Cc1ccc(C(C)(C)CNCN2CCNCC2)cc1. The third-order valence-corrected chi connectivity index (χ3v) is 3.95. The highest BCUT2D eigenvalue weighted by molar-refractivity contribution is 5.27. The minimum Gasteiger partial charge on any atom is -0.314 e. The van der Waals surface area contributed by atoms with E-state index < -0.39 is 0 Å². The Hall–Kier alpha value is -0.900. The normalized spacial score (nSPS) is 17.6. The molecule has 0 aromatic heterocycles. The second kappa shape index (κ2) is 6.51. The quantitative estimate of drug-likeness (QED) is 0.845. The van der Waals surface area contributed by atoms with Gasteiger partial charge in [-0.15, -0.1) is 0 Å². The fraction of sp³-hybridized carbons (Fsp3) is 0.625. The Labute approximate surface area is 117 Å². The van der Waals surface area contributed by atoms with E-state index in [1.54, 1.807) is 0 Å². The summed E-state index contributed by atoms with van der Waals surface area (Å²) >= 11 is 0. The van der Waals surface area contributed by atoms with Crippen molar-refractivity contribution in [3.8, 4) is 0 Å². The maximum Gasteiger partial charge on any atom is 0.0481 e. The highest BCUT2D eigenvalue weighted by Gasteiger charge is 2.20. The maximum atomic E-state index is 3.61. The molecule has 2 N–H and O–H groups in total. The topological polar surface area (TPSA) is 27.3 Å². The van der Waals surface area contributed by atoms with Crippen molar-refractivity contribution in [2.75, 3.05) is 39.4 Å². The second-order valence-corrected chi connectivity index (χ2v) is 6.20. The molecule has 3 heteroatoms. The van der Waals surface area contributed by atoms with Crippen molar-refractivity contribution in [1.29, 1.82) is 0 Å². The van der Waals surface area contributed by atoms with Crippen LogP contribution in [0.4, 0.5) is 0 Å². The molecule has 0 radical (unpaired) electrons. The number of piperazine rings is 1.